The Bertz CT molecular complexity index is 768. The smallest absolute Gasteiger partial charge is 0.387 e. The molecule has 0 spiro atoms. The molecule has 0 atom stereocenters. The third-order valence-corrected chi connectivity index (χ3v) is 4.27. The summed E-state index contributed by atoms with van der Waals surface area (Å²) in [6, 6.07) is 8.22. The Hall–Kier alpha value is -1.57. The number of halogens is 5. The van der Waals surface area contributed by atoms with Crippen molar-refractivity contribution in [2.24, 2.45) is 0 Å². The zero-order valence-corrected chi connectivity index (χ0v) is 16.0. The molecule has 2 aromatic rings. The van der Waals surface area contributed by atoms with Crippen LogP contribution in [0.15, 0.2) is 34.8 Å². The minimum atomic E-state index is -3.03. The number of carbonyl (C=O) groups excluding carboxylic acids is 1. The first-order valence-corrected chi connectivity index (χ1v) is 8.55. The van der Waals surface area contributed by atoms with Gasteiger partial charge in [0.25, 0.3) is 0 Å². The number of aryl methyl sites for hydroxylation is 1. The fourth-order valence-corrected chi connectivity index (χ4v) is 3.13. The van der Waals surface area contributed by atoms with Crippen molar-refractivity contribution in [3.05, 3.63) is 50.4 Å². The van der Waals surface area contributed by atoms with Crippen LogP contribution in [0.2, 0.25) is 10.0 Å². The maximum Gasteiger partial charge on any atom is 0.387 e. The van der Waals surface area contributed by atoms with E-state index < -0.39 is 6.61 Å². The van der Waals surface area contributed by atoms with Gasteiger partial charge in [0, 0.05) is 10.2 Å². The number of anilines is 2. The van der Waals surface area contributed by atoms with Gasteiger partial charge in [-0.2, -0.15) is 8.78 Å². The maximum atomic E-state index is 12.3. The van der Waals surface area contributed by atoms with E-state index in [1.54, 1.807) is 6.07 Å². The molecule has 0 aliphatic heterocycles. The Labute approximate surface area is 161 Å². The van der Waals surface area contributed by atoms with E-state index in [4.69, 9.17) is 23.2 Å². The second kappa shape index (κ2) is 8.69. The Morgan fingerprint density at radius 2 is 1.88 bits per heavy atom. The molecule has 0 unspecified atom stereocenters. The van der Waals surface area contributed by atoms with Crippen molar-refractivity contribution in [2.45, 2.75) is 13.5 Å². The average molecular weight is 454 g/mol. The number of hydrogen-bond donors (Lipinski definition) is 2. The Morgan fingerprint density at radius 3 is 2.44 bits per heavy atom. The molecule has 0 radical (unpaired) electrons. The first kappa shape index (κ1) is 19.8. The van der Waals surface area contributed by atoms with Crippen LogP contribution >= 0.6 is 39.1 Å². The lowest BCUT2D eigenvalue weighted by Gasteiger charge is -2.13. The van der Waals surface area contributed by atoms with Gasteiger partial charge in [-0.3, -0.25) is 4.79 Å². The monoisotopic (exact) mass is 452 g/mol. The predicted octanol–water partition coefficient (Wildman–Crippen LogP) is 5.72. The lowest BCUT2D eigenvalue weighted by molar-refractivity contribution is -0.114. The van der Waals surface area contributed by atoms with Gasteiger partial charge in [-0.25, -0.2) is 0 Å². The molecule has 0 saturated carbocycles. The third kappa shape index (κ3) is 5.73. The van der Waals surface area contributed by atoms with E-state index in [0.29, 0.717) is 11.4 Å². The summed E-state index contributed by atoms with van der Waals surface area (Å²) in [4.78, 5) is 12.0. The minimum absolute atomic E-state index is 0.0674. The average Bonchev–Trinajstić information content (AvgIpc) is 2.51. The largest absolute Gasteiger partial charge is 0.432 e. The number of alkyl halides is 2. The van der Waals surface area contributed by atoms with Gasteiger partial charge in [-0.05, 0) is 52.7 Å². The molecule has 0 fully saturated rings. The van der Waals surface area contributed by atoms with Crippen molar-refractivity contribution in [1.29, 1.82) is 0 Å². The number of benzene rings is 2. The predicted molar refractivity (Wildman–Crippen MR) is 99.1 cm³/mol. The quantitative estimate of drug-likeness (QED) is 0.588. The Balaban J connectivity index is 2.00. The minimum Gasteiger partial charge on any atom is -0.432 e. The summed E-state index contributed by atoms with van der Waals surface area (Å²) in [5, 5.41) is 5.38. The molecule has 9 heteroatoms. The summed E-state index contributed by atoms with van der Waals surface area (Å²) in [5.41, 5.74) is 2.09. The molecular weight excluding hydrogens is 441 g/mol. The van der Waals surface area contributed by atoms with Crippen LogP contribution in [0, 0.1) is 6.92 Å². The van der Waals surface area contributed by atoms with Gasteiger partial charge in [0.1, 0.15) is 0 Å². The van der Waals surface area contributed by atoms with E-state index in [9.17, 15) is 13.6 Å². The standard InChI is InChI=1S/C16H13BrCl2F2N2O2/c1-8-2-3-13(10(17)4-8)23-14(24)7-22-9-5-11(18)15(12(19)6-9)25-16(20)21/h2-6,16,22H,7H2,1H3,(H,23,24). The molecule has 25 heavy (non-hydrogen) atoms. The molecule has 0 aliphatic rings. The summed E-state index contributed by atoms with van der Waals surface area (Å²) in [6.07, 6.45) is 0. The van der Waals surface area contributed by atoms with Gasteiger partial charge >= 0.3 is 6.61 Å². The van der Waals surface area contributed by atoms with Gasteiger partial charge in [0.2, 0.25) is 5.91 Å². The molecular formula is C16H13BrCl2F2N2O2. The number of carbonyl (C=O) groups is 1. The number of nitrogens with one attached hydrogen (secondary N) is 2. The lowest BCUT2D eigenvalue weighted by Crippen LogP contribution is -2.22. The summed E-state index contributed by atoms with van der Waals surface area (Å²) in [7, 11) is 0. The van der Waals surface area contributed by atoms with Crippen molar-refractivity contribution in [1.82, 2.24) is 0 Å². The van der Waals surface area contributed by atoms with Crippen molar-refractivity contribution < 1.29 is 18.3 Å². The van der Waals surface area contributed by atoms with Crippen LogP contribution in [0.1, 0.15) is 5.56 Å². The normalized spacial score (nSPS) is 10.7. The van der Waals surface area contributed by atoms with Crippen LogP contribution in [-0.4, -0.2) is 19.1 Å². The molecule has 2 aromatic carbocycles. The number of amides is 1. The van der Waals surface area contributed by atoms with Crippen LogP contribution in [-0.2, 0) is 4.79 Å². The number of hydrogen-bond acceptors (Lipinski definition) is 3. The summed E-state index contributed by atoms with van der Waals surface area (Å²) >= 11 is 15.1. The van der Waals surface area contributed by atoms with E-state index in [0.717, 1.165) is 10.0 Å². The molecule has 0 aromatic heterocycles. The van der Waals surface area contributed by atoms with Crippen LogP contribution < -0.4 is 15.4 Å². The number of ether oxygens (including phenoxy) is 1. The van der Waals surface area contributed by atoms with Gasteiger partial charge < -0.3 is 15.4 Å². The molecule has 0 bridgehead atoms. The zero-order valence-electron chi connectivity index (χ0n) is 12.9. The summed E-state index contributed by atoms with van der Waals surface area (Å²) < 4.78 is 29.6. The third-order valence-electron chi connectivity index (χ3n) is 3.06. The molecule has 4 nitrogen and oxygen atoms in total. The molecule has 2 N–H and O–H groups in total. The Morgan fingerprint density at radius 1 is 1.24 bits per heavy atom. The molecule has 0 aliphatic carbocycles. The fourth-order valence-electron chi connectivity index (χ4n) is 1.96. The first-order valence-electron chi connectivity index (χ1n) is 7.00. The Kier molecular flexibility index (Phi) is 6.87. The van der Waals surface area contributed by atoms with E-state index in [2.05, 4.69) is 31.3 Å². The second-order valence-corrected chi connectivity index (χ2v) is 6.70. The first-order chi connectivity index (χ1) is 11.8. The van der Waals surface area contributed by atoms with E-state index in [1.807, 2.05) is 19.1 Å². The van der Waals surface area contributed by atoms with E-state index in [-0.39, 0.29) is 28.2 Å². The SMILES string of the molecule is Cc1ccc(NC(=O)CNc2cc(Cl)c(OC(F)F)c(Cl)c2)c(Br)c1. The molecule has 0 saturated heterocycles. The lowest BCUT2D eigenvalue weighted by atomic mass is 10.2. The molecule has 0 heterocycles. The summed E-state index contributed by atoms with van der Waals surface area (Å²) in [5.74, 6) is -0.610. The van der Waals surface area contributed by atoms with Crippen molar-refractivity contribution in [3.8, 4) is 5.75 Å². The highest BCUT2D eigenvalue weighted by Crippen LogP contribution is 2.36. The van der Waals surface area contributed by atoms with Crippen LogP contribution in [0.3, 0.4) is 0 Å². The topological polar surface area (TPSA) is 50.4 Å². The van der Waals surface area contributed by atoms with Gasteiger partial charge in [0.15, 0.2) is 5.75 Å². The van der Waals surface area contributed by atoms with Crippen LogP contribution in [0.5, 0.6) is 5.75 Å². The zero-order chi connectivity index (χ0) is 18.6. The van der Waals surface area contributed by atoms with Gasteiger partial charge in [-0.15, -0.1) is 0 Å². The van der Waals surface area contributed by atoms with Crippen molar-refractivity contribution in [3.63, 3.8) is 0 Å². The highest BCUT2D eigenvalue weighted by Gasteiger charge is 2.15. The number of rotatable bonds is 6. The van der Waals surface area contributed by atoms with Crippen LogP contribution in [0.4, 0.5) is 20.2 Å². The van der Waals surface area contributed by atoms with E-state index in [1.165, 1.54) is 12.1 Å². The van der Waals surface area contributed by atoms with Crippen molar-refractivity contribution in [2.75, 3.05) is 17.2 Å². The van der Waals surface area contributed by atoms with Gasteiger partial charge in [0.05, 0.1) is 22.3 Å². The van der Waals surface area contributed by atoms with Crippen LogP contribution in [0.25, 0.3) is 0 Å². The van der Waals surface area contributed by atoms with Crippen molar-refractivity contribution >= 4 is 56.4 Å². The summed E-state index contributed by atoms with van der Waals surface area (Å²) in [6.45, 7) is -1.16. The fraction of sp³-hybridized carbons (Fsp3) is 0.188. The second-order valence-electron chi connectivity index (χ2n) is 5.03. The maximum absolute atomic E-state index is 12.3. The van der Waals surface area contributed by atoms with Gasteiger partial charge in [-0.1, -0.05) is 29.3 Å². The highest BCUT2D eigenvalue weighted by atomic mass is 79.9. The molecule has 1 amide bonds. The van der Waals surface area contributed by atoms with E-state index >= 15 is 0 Å². The molecule has 2 rings (SSSR count). The highest BCUT2D eigenvalue weighted by molar-refractivity contribution is 9.10. The molecule has 134 valence electrons.